The highest BCUT2D eigenvalue weighted by atomic mass is 15.3. The molecule has 7 rings (SSSR count). The third-order valence-electron chi connectivity index (χ3n) is 8.13. The smallest absolute Gasteiger partial charge is 0.0367 e. The third kappa shape index (κ3) is 14.0. The molecule has 3 fully saturated rings. The van der Waals surface area contributed by atoms with Crippen molar-refractivity contribution in [2.24, 2.45) is 0 Å². The monoisotopic (exact) mass is 601 g/mol. The minimum Gasteiger partial charge on any atom is -0.369 e. The molecule has 2 aliphatic heterocycles. The Balaban J connectivity index is 0.000000143. The molecule has 0 aromatic heterocycles. The molecule has 0 spiro atoms. The van der Waals surface area contributed by atoms with Gasteiger partial charge in [0.1, 0.15) is 0 Å². The van der Waals surface area contributed by atoms with E-state index >= 15 is 0 Å². The number of hydrogen-bond acceptors (Lipinski definition) is 5. The van der Waals surface area contributed by atoms with E-state index in [0.29, 0.717) is 0 Å². The van der Waals surface area contributed by atoms with Crippen LogP contribution in [0.4, 0.5) is 5.69 Å². The van der Waals surface area contributed by atoms with E-state index < -0.39 is 0 Å². The van der Waals surface area contributed by atoms with Gasteiger partial charge in [0.05, 0.1) is 0 Å². The second-order valence-electron chi connectivity index (χ2n) is 12.2. The highest BCUT2D eigenvalue weighted by molar-refractivity contribution is 5.46. The average Bonchev–Trinajstić information content (AvgIpc) is 3.95. The first-order valence-electron chi connectivity index (χ1n) is 16.4. The third-order valence-corrected chi connectivity index (χ3v) is 8.13. The molecule has 1 saturated carbocycles. The number of anilines is 1. The van der Waals surface area contributed by atoms with Gasteiger partial charge in [0.2, 0.25) is 0 Å². The second-order valence-corrected chi connectivity index (χ2v) is 12.2. The minimum absolute atomic E-state index is 0.927. The largest absolute Gasteiger partial charge is 0.369 e. The summed E-state index contributed by atoms with van der Waals surface area (Å²) in [5.41, 5.74) is 4.08. The van der Waals surface area contributed by atoms with Crippen molar-refractivity contribution in [2.75, 3.05) is 78.4 Å². The highest BCUT2D eigenvalue weighted by Crippen LogP contribution is 2.28. The Morgan fingerprint density at radius 3 is 1.58 bits per heavy atom. The zero-order valence-corrected chi connectivity index (χ0v) is 27.6. The van der Waals surface area contributed by atoms with E-state index in [1.54, 1.807) is 0 Å². The summed E-state index contributed by atoms with van der Waals surface area (Å²) in [4.78, 5) is 12.2. The topological polar surface area (TPSA) is 16.2 Å². The van der Waals surface area contributed by atoms with E-state index in [1.165, 1.54) is 82.0 Å². The normalized spacial score (nSPS) is 17.2. The molecule has 0 amide bonds. The van der Waals surface area contributed by atoms with Crippen LogP contribution in [-0.2, 0) is 13.1 Å². The summed E-state index contributed by atoms with van der Waals surface area (Å²) in [7, 11) is 6.32. The fourth-order valence-electron chi connectivity index (χ4n) is 5.40. The van der Waals surface area contributed by atoms with Gasteiger partial charge in [-0.05, 0) is 81.5 Å². The van der Waals surface area contributed by atoms with Crippen LogP contribution in [-0.4, -0.2) is 99.1 Å². The van der Waals surface area contributed by atoms with Crippen LogP contribution in [0.1, 0.15) is 24.0 Å². The van der Waals surface area contributed by atoms with Crippen molar-refractivity contribution in [2.45, 2.75) is 32.0 Å². The second kappa shape index (κ2) is 19.8. The number of benzene rings is 4. The van der Waals surface area contributed by atoms with Crippen LogP contribution in [0, 0.1) is 24.3 Å². The van der Waals surface area contributed by atoms with Crippen molar-refractivity contribution in [1.82, 2.24) is 19.6 Å². The van der Waals surface area contributed by atoms with Crippen molar-refractivity contribution in [1.29, 1.82) is 0 Å². The van der Waals surface area contributed by atoms with Crippen molar-refractivity contribution < 1.29 is 0 Å². The van der Waals surface area contributed by atoms with E-state index in [9.17, 15) is 0 Å². The number of nitrogens with zero attached hydrogens (tertiary/aromatic N) is 5. The number of likely N-dealkylation sites (N-methyl/N-ethyl adjacent to an activating group) is 1. The lowest BCUT2D eigenvalue weighted by Gasteiger charge is -2.36. The Morgan fingerprint density at radius 2 is 1.11 bits per heavy atom. The van der Waals surface area contributed by atoms with Gasteiger partial charge >= 0.3 is 0 Å². The van der Waals surface area contributed by atoms with E-state index in [0.717, 1.165) is 19.1 Å². The van der Waals surface area contributed by atoms with Gasteiger partial charge < -0.3 is 14.7 Å². The van der Waals surface area contributed by atoms with Crippen LogP contribution in [0.3, 0.4) is 0 Å². The molecule has 3 aliphatic rings. The molecule has 0 N–H and O–H groups in total. The van der Waals surface area contributed by atoms with E-state index in [2.05, 4.69) is 106 Å². The van der Waals surface area contributed by atoms with Crippen LogP contribution in [0.2, 0.25) is 0 Å². The van der Waals surface area contributed by atoms with Crippen molar-refractivity contribution in [3.05, 3.63) is 139 Å². The maximum atomic E-state index is 3.07. The Kier molecular flexibility index (Phi) is 15.1. The first-order valence-corrected chi connectivity index (χ1v) is 16.4. The van der Waals surface area contributed by atoms with Crippen molar-refractivity contribution in [3.63, 3.8) is 0 Å². The van der Waals surface area contributed by atoms with Crippen LogP contribution >= 0.6 is 0 Å². The summed E-state index contributed by atoms with van der Waals surface area (Å²) in [6, 6.07) is 47.2. The van der Waals surface area contributed by atoms with Gasteiger partial charge in [-0.3, -0.25) is 9.80 Å². The molecule has 2 saturated heterocycles. The molecule has 1 aliphatic carbocycles. The van der Waals surface area contributed by atoms with Gasteiger partial charge in [-0.1, -0.05) is 91.0 Å². The molecule has 0 bridgehead atoms. The summed E-state index contributed by atoms with van der Waals surface area (Å²) in [6.07, 6.45) is 2.86. The van der Waals surface area contributed by atoms with E-state index in [1.807, 2.05) is 66.7 Å². The Hall–Kier alpha value is -3.48. The van der Waals surface area contributed by atoms with Gasteiger partial charge in [-0.25, -0.2) is 0 Å². The molecule has 4 aromatic carbocycles. The summed E-state index contributed by atoms with van der Waals surface area (Å²) < 4.78 is 0. The van der Waals surface area contributed by atoms with E-state index in [-0.39, 0.29) is 0 Å². The molecule has 5 heteroatoms. The fraction of sp³-hybridized carbons (Fsp3) is 0.400. The van der Waals surface area contributed by atoms with Gasteiger partial charge in [0.25, 0.3) is 0 Å². The van der Waals surface area contributed by atoms with Gasteiger partial charge in [-0.2, -0.15) is 0 Å². The lowest BCUT2D eigenvalue weighted by atomic mass is 10.2. The summed E-state index contributed by atoms with van der Waals surface area (Å²) in [6.45, 7) is 11.7. The zero-order valence-electron chi connectivity index (χ0n) is 27.6. The molecule has 2 heterocycles. The summed E-state index contributed by atoms with van der Waals surface area (Å²) >= 11 is 0. The molecule has 45 heavy (non-hydrogen) atoms. The predicted molar refractivity (Wildman–Crippen MR) is 188 cm³/mol. The quantitative estimate of drug-likeness (QED) is 0.267. The molecule has 0 atom stereocenters. The molecule has 0 unspecified atom stereocenters. The lowest BCUT2D eigenvalue weighted by Crippen LogP contribution is -2.47. The maximum Gasteiger partial charge on any atom is 0.0367 e. The number of rotatable bonds is 6. The SMILES string of the molecule is CN(C)Cc1cc[c]cc1.CN1CCN(Cc2cc[c]cc2)CC1.[c]1ccc(N2CCN(C3CC3)CC2)cc1.[c]1ccccc1. The molecule has 4 aromatic rings. The minimum atomic E-state index is 0.927. The number of piperazine rings is 2. The van der Waals surface area contributed by atoms with Gasteiger partial charge in [0.15, 0.2) is 0 Å². The average molecular weight is 602 g/mol. The standard InChI is InChI=1S/C13H17N2.C12H17N2.C9H12N.C6H5/c1-2-4-12(5-3-1)14-8-10-15(11-9-14)13-6-7-13;1-13-7-9-14(10-8-13)11-12-5-3-2-4-6-12;1-10(2)8-9-6-4-3-5-7-9;1-2-4-6-5-3-1/h2-5,13H,6-11H2;3-6H,7-11H2,1H3;4-7H,8H2,1-2H3;1-5H. The van der Waals surface area contributed by atoms with Crippen LogP contribution in [0.5, 0.6) is 0 Å². The Morgan fingerprint density at radius 1 is 0.600 bits per heavy atom. The van der Waals surface area contributed by atoms with Crippen LogP contribution in [0.25, 0.3) is 0 Å². The molecule has 5 nitrogen and oxygen atoms in total. The lowest BCUT2D eigenvalue weighted by molar-refractivity contribution is 0.148. The zero-order chi connectivity index (χ0) is 31.5. The molecule has 236 valence electrons. The van der Waals surface area contributed by atoms with Crippen LogP contribution in [0.15, 0.2) is 103 Å². The molecule has 4 radical (unpaired) electrons. The molecular weight excluding hydrogens is 550 g/mol. The highest BCUT2D eigenvalue weighted by Gasteiger charge is 2.31. The van der Waals surface area contributed by atoms with Gasteiger partial charge in [0, 0.05) is 77.2 Å². The first-order chi connectivity index (χ1) is 22.1. The Bertz CT molecular complexity index is 1220. The Labute approximate surface area is 273 Å². The fourth-order valence-corrected chi connectivity index (χ4v) is 5.40. The van der Waals surface area contributed by atoms with E-state index in [4.69, 9.17) is 0 Å². The predicted octanol–water partition coefficient (Wildman–Crippen LogP) is 6.04. The molecular formula is C40H51N5. The summed E-state index contributed by atoms with van der Waals surface area (Å²) in [5, 5.41) is 0. The summed E-state index contributed by atoms with van der Waals surface area (Å²) in [5.74, 6) is 0. The first kappa shape index (κ1) is 34.4. The van der Waals surface area contributed by atoms with Crippen LogP contribution < -0.4 is 4.90 Å². The van der Waals surface area contributed by atoms with Gasteiger partial charge in [-0.15, -0.1) is 0 Å². The number of hydrogen-bond donors (Lipinski definition) is 0. The maximum absolute atomic E-state index is 3.07. The van der Waals surface area contributed by atoms with Crippen molar-refractivity contribution in [3.8, 4) is 0 Å². The van der Waals surface area contributed by atoms with Crippen molar-refractivity contribution >= 4 is 5.69 Å².